The number of benzene rings is 1. The predicted octanol–water partition coefficient (Wildman–Crippen LogP) is 3.90. The molecular weight excluding hydrogens is 280 g/mol. The van der Waals surface area contributed by atoms with Crippen molar-refractivity contribution in [2.45, 2.75) is 45.4 Å². The van der Waals surface area contributed by atoms with Crippen LogP contribution in [0.5, 0.6) is 0 Å². The number of rotatable bonds is 4. The van der Waals surface area contributed by atoms with E-state index in [-0.39, 0.29) is 5.91 Å². The number of hydrogen-bond donors (Lipinski definition) is 1. The molecule has 1 aromatic carbocycles. The average molecular weight is 300 g/mol. The molecule has 0 unspecified atom stereocenters. The van der Waals surface area contributed by atoms with Gasteiger partial charge in [0.1, 0.15) is 0 Å². The highest BCUT2D eigenvalue weighted by Crippen LogP contribution is 2.27. The minimum Gasteiger partial charge on any atom is -0.326 e. The monoisotopic (exact) mass is 300 g/mol. The molecule has 3 nitrogen and oxygen atoms in total. The fourth-order valence-electron chi connectivity index (χ4n) is 2.59. The Kier molecular flexibility index (Phi) is 4.34. The number of nitrogens with zero attached hydrogens (tertiary/aromatic N) is 1. The van der Waals surface area contributed by atoms with Crippen LogP contribution in [-0.4, -0.2) is 10.9 Å². The van der Waals surface area contributed by atoms with Crippen LogP contribution >= 0.6 is 11.3 Å². The molecular formula is C17H20N2OS. The smallest absolute Gasteiger partial charge is 0.224 e. The van der Waals surface area contributed by atoms with Crippen molar-refractivity contribution in [2.75, 3.05) is 5.32 Å². The van der Waals surface area contributed by atoms with E-state index in [0.29, 0.717) is 6.42 Å². The van der Waals surface area contributed by atoms with Crippen molar-refractivity contribution in [2.24, 2.45) is 0 Å². The normalized spacial score (nSPS) is 13.8. The van der Waals surface area contributed by atoms with Gasteiger partial charge in [-0.1, -0.05) is 17.7 Å². The molecule has 1 heterocycles. The second kappa shape index (κ2) is 6.39. The summed E-state index contributed by atoms with van der Waals surface area (Å²) in [6, 6.07) is 7.89. The summed E-state index contributed by atoms with van der Waals surface area (Å²) in [6.07, 6.45) is 6.06. The maximum atomic E-state index is 12.0. The van der Waals surface area contributed by atoms with Crippen molar-refractivity contribution in [1.82, 2.24) is 4.98 Å². The maximum absolute atomic E-state index is 12.0. The van der Waals surface area contributed by atoms with Crippen LogP contribution in [0.1, 0.15) is 40.4 Å². The van der Waals surface area contributed by atoms with Crippen LogP contribution in [0.15, 0.2) is 24.3 Å². The van der Waals surface area contributed by atoms with Gasteiger partial charge in [-0.05, 0) is 44.7 Å². The van der Waals surface area contributed by atoms with E-state index in [0.717, 1.165) is 23.5 Å². The fraction of sp³-hybridized carbons (Fsp3) is 0.412. The highest BCUT2D eigenvalue weighted by molar-refractivity contribution is 7.11. The van der Waals surface area contributed by atoms with E-state index < -0.39 is 0 Å². The third-order valence-electron chi connectivity index (χ3n) is 3.79. The summed E-state index contributed by atoms with van der Waals surface area (Å²) in [5, 5.41) is 4.05. The number of thiazole rings is 1. The number of hydrogen-bond acceptors (Lipinski definition) is 3. The Bertz CT molecular complexity index is 607. The number of aromatic nitrogens is 1. The topological polar surface area (TPSA) is 42.0 Å². The lowest BCUT2D eigenvalue weighted by atomic mass is 10.0. The van der Waals surface area contributed by atoms with Crippen LogP contribution < -0.4 is 5.32 Å². The van der Waals surface area contributed by atoms with E-state index in [1.54, 1.807) is 11.3 Å². The van der Waals surface area contributed by atoms with Gasteiger partial charge < -0.3 is 5.32 Å². The van der Waals surface area contributed by atoms with Crippen molar-refractivity contribution in [1.29, 1.82) is 0 Å². The van der Waals surface area contributed by atoms with E-state index in [2.05, 4.69) is 10.3 Å². The molecule has 0 atom stereocenters. The molecule has 4 heteroatoms. The summed E-state index contributed by atoms with van der Waals surface area (Å²) in [7, 11) is 0. The van der Waals surface area contributed by atoms with Crippen molar-refractivity contribution in [3.8, 4) is 0 Å². The van der Waals surface area contributed by atoms with Crippen LogP contribution in [0.4, 0.5) is 5.69 Å². The maximum Gasteiger partial charge on any atom is 0.224 e. The van der Waals surface area contributed by atoms with Gasteiger partial charge in [-0.25, -0.2) is 4.98 Å². The van der Waals surface area contributed by atoms with E-state index in [9.17, 15) is 4.79 Å². The molecule has 0 spiro atoms. The van der Waals surface area contributed by atoms with Gasteiger partial charge >= 0.3 is 0 Å². The van der Waals surface area contributed by atoms with E-state index in [4.69, 9.17) is 0 Å². The van der Waals surface area contributed by atoms with Crippen LogP contribution in [0.2, 0.25) is 0 Å². The van der Waals surface area contributed by atoms with Gasteiger partial charge in [0, 0.05) is 23.4 Å². The number of aryl methyl sites for hydroxylation is 4. The van der Waals surface area contributed by atoms with Crippen molar-refractivity contribution in [3.05, 3.63) is 45.4 Å². The summed E-state index contributed by atoms with van der Waals surface area (Å²) < 4.78 is 0. The van der Waals surface area contributed by atoms with Crippen molar-refractivity contribution in [3.63, 3.8) is 0 Å². The molecule has 1 aliphatic carbocycles. The lowest BCUT2D eigenvalue weighted by Crippen LogP contribution is -2.12. The molecule has 0 saturated carbocycles. The standard InChI is InChI=1S/C17H20N2OS/c1-12-6-8-13(9-7-12)18-16(20)10-11-17-19-14-4-2-3-5-15(14)21-17/h6-9H,2-5,10-11H2,1H3,(H,18,20). The van der Waals surface area contributed by atoms with Crippen LogP contribution in [0.3, 0.4) is 0 Å². The van der Waals surface area contributed by atoms with Gasteiger partial charge in [-0.3, -0.25) is 4.79 Å². The molecule has 3 rings (SSSR count). The molecule has 110 valence electrons. The summed E-state index contributed by atoms with van der Waals surface area (Å²) in [4.78, 5) is 18.1. The quantitative estimate of drug-likeness (QED) is 0.930. The minimum atomic E-state index is 0.0621. The lowest BCUT2D eigenvalue weighted by molar-refractivity contribution is -0.116. The zero-order valence-corrected chi connectivity index (χ0v) is 13.1. The molecule has 0 bridgehead atoms. The summed E-state index contributed by atoms with van der Waals surface area (Å²) in [5.74, 6) is 0.0621. The van der Waals surface area contributed by atoms with Crippen molar-refractivity contribution < 1.29 is 4.79 Å². The van der Waals surface area contributed by atoms with Crippen LogP contribution in [0.25, 0.3) is 0 Å². The largest absolute Gasteiger partial charge is 0.326 e. The minimum absolute atomic E-state index is 0.0621. The van der Waals surface area contributed by atoms with Crippen LogP contribution in [0, 0.1) is 6.92 Å². The molecule has 0 aliphatic heterocycles. The summed E-state index contributed by atoms with van der Waals surface area (Å²) >= 11 is 1.79. The molecule has 1 N–H and O–H groups in total. The highest BCUT2D eigenvalue weighted by Gasteiger charge is 2.15. The Labute approximate surface area is 129 Å². The predicted molar refractivity (Wildman–Crippen MR) is 86.9 cm³/mol. The second-order valence-electron chi connectivity index (χ2n) is 5.60. The van der Waals surface area contributed by atoms with Crippen molar-refractivity contribution >= 4 is 22.9 Å². The molecule has 0 saturated heterocycles. The number of carbonyl (C=O) groups is 1. The first-order valence-corrected chi connectivity index (χ1v) is 8.36. The number of anilines is 1. The number of nitrogens with one attached hydrogen (secondary N) is 1. The molecule has 0 radical (unpaired) electrons. The van der Waals surface area contributed by atoms with E-state index >= 15 is 0 Å². The number of fused-ring (bicyclic) bond motifs is 1. The zero-order valence-electron chi connectivity index (χ0n) is 12.3. The molecule has 1 aliphatic rings. The molecule has 1 aromatic heterocycles. The van der Waals surface area contributed by atoms with E-state index in [1.807, 2.05) is 31.2 Å². The SMILES string of the molecule is Cc1ccc(NC(=O)CCc2nc3c(s2)CCCC3)cc1. The first kappa shape index (κ1) is 14.3. The first-order valence-electron chi connectivity index (χ1n) is 7.55. The van der Waals surface area contributed by atoms with Gasteiger partial charge in [-0.15, -0.1) is 11.3 Å². The van der Waals surface area contributed by atoms with Crippen LogP contribution in [-0.2, 0) is 24.1 Å². The first-order chi connectivity index (χ1) is 10.2. The zero-order chi connectivity index (χ0) is 14.7. The Morgan fingerprint density at radius 1 is 1.24 bits per heavy atom. The van der Waals surface area contributed by atoms with Gasteiger partial charge in [0.25, 0.3) is 0 Å². The van der Waals surface area contributed by atoms with Gasteiger partial charge in [0.05, 0.1) is 10.7 Å². The summed E-state index contributed by atoms with van der Waals surface area (Å²) in [6.45, 7) is 2.04. The molecule has 1 amide bonds. The second-order valence-corrected chi connectivity index (χ2v) is 6.77. The Morgan fingerprint density at radius 3 is 2.76 bits per heavy atom. The fourth-order valence-corrected chi connectivity index (χ4v) is 3.75. The van der Waals surface area contributed by atoms with Gasteiger partial charge in [0.15, 0.2) is 0 Å². The molecule has 21 heavy (non-hydrogen) atoms. The van der Waals surface area contributed by atoms with E-state index in [1.165, 1.54) is 35.4 Å². The third kappa shape index (κ3) is 3.70. The number of carbonyl (C=O) groups excluding carboxylic acids is 1. The average Bonchev–Trinajstić information content (AvgIpc) is 2.90. The number of amides is 1. The Hall–Kier alpha value is -1.68. The third-order valence-corrected chi connectivity index (χ3v) is 5.01. The van der Waals surface area contributed by atoms with Gasteiger partial charge in [0.2, 0.25) is 5.91 Å². The summed E-state index contributed by atoms with van der Waals surface area (Å²) in [5.41, 5.74) is 3.34. The molecule has 2 aromatic rings. The Morgan fingerprint density at radius 2 is 2.00 bits per heavy atom. The van der Waals surface area contributed by atoms with Gasteiger partial charge in [-0.2, -0.15) is 0 Å². The highest BCUT2D eigenvalue weighted by atomic mass is 32.1. The molecule has 0 fully saturated rings. The Balaban J connectivity index is 1.53. The lowest BCUT2D eigenvalue weighted by Gasteiger charge is -2.06.